The van der Waals surface area contributed by atoms with Gasteiger partial charge in [0, 0.05) is 10.5 Å². The molecule has 124 valence electrons. The monoisotopic (exact) mass is 379 g/mol. The Balaban J connectivity index is 1.79. The van der Waals surface area contributed by atoms with Gasteiger partial charge < -0.3 is 10.1 Å². The topological polar surface area (TPSA) is 55.4 Å². The van der Waals surface area contributed by atoms with E-state index in [0.29, 0.717) is 11.3 Å². The van der Waals surface area contributed by atoms with Gasteiger partial charge >= 0.3 is 5.97 Å². The molecule has 3 fully saturated rings. The van der Waals surface area contributed by atoms with Gasteiger partial charge in [0.2, 0.25) is 5.91 Å². The molecule has 0 radical (unpaired) electrons. The minimum absolute atomic E-state index is 0.0375. The fourth-order valence-corrected chi connectivity index (χ4v) is 6.32. The molecule has 0 spiro atoms. The lowest BCUT2D eigenvalue weighted by molar-refractivity contribution is -0.155. The van der Waals surface area contributed by atoms with Crippen LogP contribution in [0.3, 0.4) is 0 Å². The lowest BCUT2D eigenvalue weighted by atomic mass is 9.43. The second kappa shape index (κ2) is 5.07. The number of rotatable bonds is 3. The van der Waals surface area contributed by atoms with Gasteiger partial charge in [-0.3, -0.25) is 4.79 Å². The zero-order chi connectivity index (χ0) is 17.0. The molecular weight excluding hydrogens is 358 g/mol. The lowest BCUT2D eigenvalue weighted by Crippen LogP contribution is -2.68. The van der Waals surface area contributed by atoms with Gasteiger partial charge in [0.15, 0.2) is 0 Å². The molecule has 5 heteroatoms. The number of esters is 1. The summed E-state index contributed by atoms with van der Waals surface area (Å²) in [6, 6.07) is 6.80. The lowest BCUT2D eigenvalue weighted by Gasteiger charge is -2.64. The standard InChI is InChI=1S/C18H22BrNO3/c1-16(2)17(3)9-10-18(16,14(17)19)15(22)20-12-7-5-11(6-8-12)13(21)23-4/h5-8,14H,9-10H2,1-4H3,(H,20,22)/t14-,17-,18+/m1/s1. The van der Waals surface area contributed by atoms with Gasteiger partial charge in [-0.1, -0.05) is 36.7 Å². The van der Waals surface area contributed by atoms with Gasteiger partial charge in [-0.2, -0.15) is 0 Å². The molecule has 0 aliphatic heterocycles. The smallest absolute Gasteiger partial charge is 0.337 e. The molecule has 1 aromatic rings. The molecule has 1 N–H and O–H groups in total. The molecule has 0 heterocycles. The Labute approximate surface area is 145 Å². The van der Waals surface area contributed by atoms with Crippen LogP contribution in [-0.4, -0.2) is 23.8 Å². The summed E-state index contributed by atoms with van der Waals surface area (Å²) in [6.45, 7) is 6.64. The number of nitrogens with one attached hydrogen (secondary N) is 1. The van der Waals surface area contributed by atoms with Gasteiger partial charge in [-0.05, 0) is 47.9 Å². The Morgan fingerprint density at radius 1 is 1.17 bits per heavy atom. The average molecular weight is 380 g/mol. The van der Waals surface area contributed by atoms with E-state index in [0.717, 1.165) is 12.8 Å². The Morgan fingerprint density at radius 3 is 2.22 bits per heavy atom. The number of hydrogen-bond donors (Lipinski definition) is 1. The summed E-state index contributed by atoms with van der Waals surface area (Å²) in [5.74, 6) is -0.321. The van der Waals surface area contributed by atoms with Crippen molar-refractivity contribution in [2.45, 2.75) is 38.4 Å². The summed E-state index contributed by atoms with van der Waals surface area (Å²) in [4.78, 5) is 24.6. The van der Waals surface area contributed by atoms with Gasteiger partial charge in [0.1, 0.15) is 0 Å². The number of fused-ring (bicyclic) bond motifs is 1. The van der Waals surface area contributed by atoms with Crippen LogP contribution in [0, 0.1) is 16.2 Å². The molecule has 23 heavy (non-hydrogen) atoms. The number of amides is 1. The first-order valence-corrected chi connectivity index (χ1v) is 8.76. The van der Waals surface area contributed by atoms with E-state index in [-0.39, 0.29) is 32.9 Å². The maximum Gasteiger partial charge on any atom is 0.337 e. The van der Waals surface area contributed by atoms with E-state index in [1.165, 1.54) is 7.11 Å². The predicted molar refractivity (Wildman–Crippen MR) is 92.7 cm³/mol. The van der Waals surface area contributed by atoms with E-state index >= 15 is 0 Å². The second-order valence-corrected chi connectivity index (χ2v) is 8.32. The summed E-state index contributed by atoms with van der Waals surface area (Å²) >= 11 is 3.77. The second-order valence-electron chi connectivity index (χ2n) is 7.40. The number of benzene rings is 1. The molecule has 0 aromatic heterocycles. The maximum absolute atomic E-state index is 13.0. The number of carbonyl (C=O) groups excluding carboxylic acids is 2. The first-order chi connectivity index (χ1) is 10.7. The van der Waals surface area contributed by atoms with Crippen LogP contribution in [0.1, 0.15) is 44.0 Å². The van der Waals surface area contributed by atoms with E-state index < -0.39 is 0 Å². The van der Waals surface area contributed by atoms with Gasteiger partial charge in [0.05, 0.1) is 18.1 Å². The van der Waals surface area contributed by atoms with Crippen LogP contribution >= 0.6 is 15.9 Å². The van der Waals surface area contributed by atoms with E-state index in [2.05, 4.69) is 46.8 Å². The maximum atomic E-state index is 13.0. The number of hydrogen-bond acceptors (Lipinski definition) is 3. The summed E-state index contributed by atoms with van der Waals surface area (Å²) < 4.78 is 4.68. The minimum atomic E-state index is -0.381. The number of halogens is 1. The normalized spacial score (nSPS) is 33.7. The van der Waals surface area contributed by atoms with Gasteiger partial charge in [-0.15, -0.1) is 0 Å². The van der Waals surface area contributed by atoms with E-state index in [4.69, 9.17) is 0 Å². The van der Waals surface area contributed by atoms with Crippen LogP contribution in [0.5, 0.6) is 0 Å². The van der Waals surface area contributed by atoms with Crippen molar-refractivity contribution in [3.63, 3.8) is 0 Å². The number of anilines is 1. The quantitative estimate of drug-likeness (QED) is 0.637. The van der Waals surface area contributed by atoms with Crippen LogP contribution in [0.15, 0.2) is 24.3 Å². The van der Waals surface area contributed by atoms with Crippen molar-refractivity contribution >= 4 is 33.5 Å². The van der Waals surface area contributed by atoms with E-state index in [9.17, 15) is 9.59 Å². The number of methoxy groups -OCH3 is 1. The first kappa shape index (κ1) is 16.5. The van der Waals surface area contributed by atoms with Crippen molar-refractivity contribution in [3.8, 4) is 0 Å². The molecule has 3 aliphatic rings. The van der Waals surface area contributed by atoms with Crippen molar-refractivity contribution in [2.75, 3.05) is 12.4 Å². The third-order valence-electron chi connectivity index (χ3n) is 6.54. The highest BCUT2D eigenvalue weighted by molar-refractivity contribution is 9.09. The average Bonchev–Trinajstić information content (AvgIpc) is 2.94. The van der Waals surface area contributed by atoms with Gasteiger partial charge in [0.25, 0.3) is 0 Å². The van der Waals surface area contributed by atoms with Crippen LogP contribution in [0.2, 0.25) is 0 Å². The number of carbonyl (C=O) groups is 2. The molecule has 1 aromatic carbocycles. The van der Waals surface area contributed by atoms with Crippen molar-refractivity contribution in [2.24, 2.45) is 16.2 Å². The molecule has 3 aliphatic carbocycles. The fraction of sp³-hybridized carbons (Fsp3) is 0.556. The van der Waals surface area contributed by atoms with Crippen molar-refractivity contribution in [1.82, 2.24) is 0 Å². The first-order valence-electron chi connectivity index (χ1n) is 7.84. The Kier molecular flexibility index (Phi) is 3.63. The molecule has 0 saturated heterocycles. The summed E-state index contributed by atoms with van der Waals surface area (Å²) in [5.41, 5.74) is 0.930. The van der Waals surface area contributed by atoms with Crippen molar-refractivity contribution in [3.05, 3.63) is 29.8 Å². The summed E-state index contributed by atoms with van der Waals surface area (Å²) in [5, 5.41) is 3.03. The van der Waals surface area contributed by atoms with Crippen LogP contribution in [-0.2, 0) is 9.53 Å². The zero-order valence-electron chi connectivity index (χ0n) is 13.9. The van der Waals surface area contributed by atoms with Crippen molar-refractivity contribution in [1.29, 1.82) is 0 Å². The van der Waals surface area contributed by atoms with E-state index in [1.54, 1.807) is 24.3 Å². The number of ether oxygens (including phenoxy) is 1. The Hall–Kier alpha value is -1.36. The van der Waals surface area contributed by atoms with Crippen LogP contribution in [0.25, 0.3) is 0 Å². The zero-order valence-corrected chi connectivity index (χ0v) is 15.5. The molecule has 4 nitrogen and oxygen atoms in total. The van der Waals surface area contributed by atoms with Crippen LogP contribution < -0.4 is 5.32 Å². The molecule has 0 unspecified atom stereocenters. The highest BCUT2D eigenvalue weighted by Crippen LogP contribution is 2.79. The summed E-state index contributed by atoms with van der Waals surface area (Å²) in [7, 11) is 1.35. The predicted octanol–water partition coefficient (Wildman–Crippen LogP) is 4.00. The number of alkyl halides is 1. The fourth-order valence-electron chi connectivity index (χ4n) is 4.51. The van der Waals surface area contributed by atoms with Crippen molar-refractivity contribution < 1.29 is 14.3 Å². The summed E-state index contributed by atoms with van der Waals surface area (Å²) in [6.07, 6.45) is 1.96. The molecular formula is C18H22BrNO3. The SMILES string of the molecule is COC(=O)c1ccc(NC(=O)[C@]23CC[C@](C)([C@H]2Br)C3(C)C)cc1. The third kappa shape index (κ3) is 1.89. The molecule has 3 saturated carbocycles. The third-order valence-corrected chi connectivity index (χ3v) is 8.33. The van der Waals surface area contributed by atoms with E-state index in [1.807, 2.05) is 0 Å². The molecule has 2 bridgehead atoms. The van der Waals surface area contributed by atoms with Gasteiger partial charge in [-0.25, -0.2) is 4.79 Å². The largest absolute Gasteiger partial charge is 0.465 e. The van der Waals surface area contributed by atoms with Crippen LogP contribution in [0.4, 0.5) is 5.69 Å². The Morgan fingerprint density at radius 2 is 1.78 bits per heavy atom. The Bertz CT molecular complexity index is 669. The highest BCUT2D eigenvalue weighted by atomic mass is 79.9. The minimum Gasteiger partial charge on any atom is -0.465 e. The molecule has 1 amide bonds. The molecule has 3 atom stereocenters. The molecule has 4 rings (SSSR count). The highest BCUT2D eigenvalue weighted by Gasteiger charge is 2.80.